The van der Waals surface area contributed by atoms with Crippen molar-refractivity contribution in [3.05, 3.63) is 23.2 Å². The number of rotatable bonds is 1. The van der Waals surface area contributed by atoms with E-state index in [9.17, 15) is 13.2 Å². The molecule has 0 N–H and O–H groups in total. The van der Waals surface area contributed by atoms with Gasteiger partial charge in [-0.15, -0.1) is 0 Å². The van der Waals surface area contributed by atoms with Gasteiger partial charge in [0.15, 0.2) is 0 Å². The van der Waals surface area contributed by atoms with Crippen LogP contribution in [0.3, 0.4) is 0 Å². The SMILES string of the molecule is FC(F)(F)C(Cl)=Nc1nc2ccc(Cl)cc2s1. The van der Waals surface area contributed by atoms with Crippen LogP contribution in [0.4, 0.5) is 18.3 Å². The van der Waals surface area contributed by atoms with E-state index < -0.39 is 11.3 Å². The molecule has 0 aliphatic rings. The lowest BCUT2D eigenvalue weighted by molar-refractivity contribution is -0.0558. The van der Waals surface area contributed by atoms with Crippen LogP contribution in [0.25, 0.3) is 10.2 Å². The van der Waals surface area contributed by atoms with E-state index in [-0.39, 0.29) is 5.13 Å². The van der Waals surface area contributed by atoms with Gasteiger partial charge in [-0.05, 0) is 18.2 Å². The molecule has 2 aromatic rings. The molecule has 17 heavy (non-hydrogen) atoms. The number of nitrogens with zero attached hydrogens (tertiary/aromatic N) is 2. The first kappa shape index (κ1) is 12.6. The zero-order valence-corrected chi connectivity index (χ0v) is 10.3. The standard InChI is InChI=1S/C9H3Cl2F3N2S/c10-4-1-2-5-6(3-4)17-8(15-5)16-7(11)9(12,13)14/h1-3H. The first-order valence-electron chi connectivity index (χ1n) is 4.24. The van der Waals surface area contributed by atoms with Crippen LogP contribution in [-0.2, 0) is 0 Å². The molecule has 1 aromatic heterocycles. The van der Waals surface area contributed by atoms with Crippen molar-refractivity contribution < 1.29 is 13.2 Å². The Morgan fingerprint density at radius 3 is 2.71 bits per heavy atom. The zero-order chi connectivity index (χ0) is 12.6. The van der Waals surface area contributed by atoms with Crippen LogP contribution >= 0.6 is 34.5 Å². The molecule has 0 unspecified atom stereocenters. The summed E-state index contributed by atoms with van der Waals surface area (Å²) in [4.78, 5) is 7.11. The Balaban J connectivity index is 2.44. The molecule has 0 saturated heterocycles. The van der Waals surface area contributed by atoms with E-state index >= 15 is 0 Å². The molecule has 1 aromatic carbocycles. The molecule has 0 amide bonds. The number of halogens is 5. The number of benzene rings is 1. The van der Waals surface area contributed by atoms with Crippen LogP contribution in [0.15, 0.2) is 23.2 Å². The topological polar surface area (TPSA) is 25.2 Å². The molecule has 0 aliphatic heterocycles. The molecule has 2 nitrogen and oxygen atoms in total. The van der Waals surface area contributed by atoms with E-state index in [2.05, 4.69) is 9.98 Å². The minimum Gasteiger partial charge on any atom is -0.218 e. The quantitative estimate of drug-likeness (QED) is 0.696. The van der Waals surface area contributed by atoms with Crippen LogP contribution in [0.2, 0.25) is 5.02 Å². The lowest BCUT2D eigenvalue weighted by Gasteiger charge is -2.00. The van der Waals surface area contributed by atoms with Gasteiger partial charge in [0.1, 0.15) is 0 Å². The van der Waals surface area contributed by atoms with E-state index in [0.717, 1.165) is 11.3 Å². The van der Waals surface area contributed by atoms with Crippen molar-refractivity contribution in [1.82, 2.24) is 4.98 Å². The maximum absolute atomic E-state index is 12.1. The van der Waals surface area contributed by atoms with Gasteiger partial charge in [0.25, 0.3) is 0 Å². The molecule has 0 spiro atoms. The molecule has 90 valence electrons. The average molecular weight is 299 g/mol. The fourth-order valence-electron chi connectivity index (χ4n) is 1.08. The highest BCUT2D eigenvalue weighted by molar-refractivity contribution is 7.22. The van der Waals surface area contributed by atoms with E-state index in [1.807, 2.05) is 0 Å². The summed E-state index contributed by atoms with van der Waals surface area (Å²) in [5, 5.41) is -1.01. The maximum atomic E-state index is 12.1. The van der Waals surface area contributed by atoms with E-state index in [1.165, 1.54) is 0 Å². The smallest absolute Gasteiger partial charge is 0.218 e. The van der Waals surface area contributed by atoms with Crippen LogP contribution < -0.4 is 0 Å². The van der Waals surface area contributed by atoms with Crippen molar-refractivity contribution in [2.24, 2.45) is 4.99 Å². The second-order valence-corrected chi connectivity index (χ2v) is 4.81. The molecule has 0 bridgehead atoms. The molecule has 8 heteroatoms. The van der Waals surface area contributed by atoms with Gasteiger partial charge in [0.2, 0.25) is 10.3 Å². The largest absolute Gasteiger partial charge is 0.444 e. The Labute approximate surface area is 108 Å². The van der Waals surface area contributed by atoms with E-state index in [4.69, 9.17) is 23.2 Å². The molecule has 0 saturated carbocycles. The first-order valence-corrected chi connectivity index (χ1v) is 5.81. The third-order valence-electron chi connectivity index (χ3n) is 1.77. The van der Waals surface area contributed by atoms with Gasteiger partial charge in [0, 0.05) is 5.02 Å². The van der Waals surface area contributed by atoms with E-state index in [1.54, 1.807) is 18.2 Å². The van der Waals surface area contributed by atoms with Gasteiger partial charge in [-0.1, -0.05) is 34.5 Å². The second-order valence-electron chi connectivity index (χ2n) is 3.01. The third kappa shape index (κ3) is 2.88. The summed E-state index contributed by atoms with van der Waals surface area (Å²) in [6.07, 6.45) is -4.66. The fourth-order valence-corrected chi connectivity index (χ4v) is 2.33. The van der Waals surface area contributed by atoms with Crippen molar-refractivity contribution in [2.75, 3.05) is 0 Å². The Kier molecular flexibility index (Phi) is 3.29. The third-order valence-corrected chi connectivity index (χ3v) is 3.21. The summed E-state index contributed by atoms with van der Waals surface area (Å²) in [6.45, 7) is 0. The number of alkyl halides is 3. The monoisotopic (exact) mass is 298 g/mol. The summed E-state index contributed by atoms with van der Waals surface area (Å²) >= 11 is 11.7. The molecular weight excluding hydrogens is 296 g/mol. The van der Waals surface area contributed by atoms with E-state index in [0.29, 0.717) is 15.2 Å². The first-order chi connectivity index (χ1) is 7.86. The minimum atomic E-state index is -4.66. The minimum absolute atomic E-state index is 0.0513. The average Bonchev–Trinajstić information content (AvgIpc) is 2.57. The highest BCUT2D eigenvalue weighted by Gasteiger charge is 2.34. The van der Waals surface area contributed by atoms with Crippen molar-refractivity contribution in [3.63, 3.8) is 0 Å². The van der Waals surface area contributed by atoms with Crippen LogP contribution in [-0.4, -0.2) is 16.3 Å². The summed E-state index contributed by atoms with van der Waals surface area (Å²) in [6, 6.07) is 4.81. The zero-order valence-electron chi connectivity index (χ0n) is 7.92. The van der Waals surface area contributed by atoms with Gasteiger partial charge in [-0.25, -0.2) is 9.98 Å². The maximum Gasteiger partial charge on any atom is 0.444 e. The Hall–Kier alpha value is -0.850. The number of thiazole rings is 1. The van der Waals surface area contributed by atoms with Crippen molar-refractivity contribution in [3.8, 4) is 0 Å². The van der Waals surface area contributed by atoms with Gasteiger partial charge < -0.3 is 0 Å². The lowest BCUT2D eigenvalue weighted by atomic mass is 10.3. The molecule has 0 atom stereocenters. The highest BCUT2D eigenvalue weighted by Crippen LogP contribution is 2.32. The number of hydrogen-bond donors (Lipinski definition) is 0. The van der Waals surface area contributed by atoms with Crippen molar-refractivity contribution in [1.29, 1.82) is 0 Å². The molecule has 1 heterocycles. The Morgan fingerprint density at radius 2 is 2.06 bits per heavy atom. The molecule has 0 aliphatic carbocycles. The molecular formula is C9H3Cl2F3N2S. The number of hydrogen-bond acceptors (Lipinski definition) is 3. The number of aromatic nitrogens is 1. The van der Waals surface area contributed by atoms with Crippen LogP contribution in [0.5, 0.6) is 0 Å². The number of fused-ring (bicyclic) bond motifs is 1. The molecule has 2 rings (SSSR count). The summed E-state index contributed by atoms with van der Waals surface area (Å²) in [7, 11) is 0. The van der Waals surface area contributed by atoms with Crippen molar-refractivity contribution >= 4 is 55.1 Å². The summed E-state index contributed by atoms with van der Waals surface area (Å²) < 4.78 is 37.1. The summed E-state index contributed by atoms with van der Waals surface area (Å²) in [5.41, 5.74) is 0.532. The van der Waals surface area contributed by atoms with Gasteiger partial charge >= 0.3 is 6.18 Å². The molecule has 0 fully saturated rings. The fraction of sp³-hybridized carbons (Fsp3) is 0.111. The summed E-state index contributed by atoms with van der Waals surface area (Å²) in [5.74, 6) is 0. The normalized spacial score (nSPS) is 13.4. The predicted octanol–water partition coefficient (Wildman–Crippen LogP) is 4.78. The second kappa shape index (κ2) is 4.44. The van der Waals surface area contributed by atoms with Crippen LogP contribution in [0, 0.1) is 0 Å². The Bertz CT molecular complexity index is 591. The van der Waals surface area contributed by atoms with Crippen molar-refractivity contribution in [2.45, 2.75) is 6.18 Å². The molecule has 0 radical (unpaired) electrons. The van der Waals surface area contributed by atoms with Crippen LogP contribution in [0.1, 0.15) is 0 Å². The highest BCUT2D eigenvalue weighted by atomic mass is 35.5. The Morgan fingerprint density at radius 1 is 1.35 bits per heavy atom. The predicted molar refractivity (Wildman–Crippen MR) is 63.6 cm³/mol. The lowest BCUT2D eigenvalue weighted by Crippen LogP contribution is -2.16. The number of aliphatic imine (C=N–C) groups is 1. The van der Waals surface area contributed by atoms with Gasteiger partial charge in [-0.2, -0.15) is 13.2 Å². The van der Waals surface area contributed by atoms with Gasteiger partial charge in [0.05, 0.1) is 10.2 Å². The van der Waals surface area contributed by atoms with Gasteiger partial charge in [-0.3, -0.25) is 0 Å².